The second kappa shape index (κ2) is 5.20. The molecule has 0 radical (unpaired) electrons. The average Bonchev–Trinajstić information content (AvgIpc) is 2.45. The van der Waals surface area contributed by atoms with E-state index >= 15 is 0 Å². The molecule has 0 aliphatic rings. The van der Waals surface area contributed by atoms with E-state index in [0.717, 1.165) is 5.56 Å². The minimum Gasteiger partial charge on any atom is -0.225 e. The zero-order valence-electron chi connectivity index (χ0n) is 10.8. The Balaban J connectivity index is 2.35. The number of aryl methyl sites for hydroxylation is 1. The minimum absolute atomic E-state index is 0.0135. The molecule has 106 valence electrons. The van der Waals surface area contributed by atoms with Gasteiger partial charge in [-0.1, -0.05) is 34.8 Å². The molecule has 0 amide bonds. The predicted molar refractivity (Wildman–Crippen MR) is 79.6 cm³/mol. The molecule has 1 aromatic heterocycles. The Labute approximate surface area is 129 Å². The van der Waals surface area contributed by atoms with Gasteiger partial charge in [-0.25, -0.2) is 18.7 Å². The molecule has 21 heavy (non-hydrogen) atoms. The van der Waals surface area contributed by atoms with Crippen LogP contribution in [-0.4, -0.2) is 9.97 Å². The fraction of sp³-hybridized carbons (Fsp3) is 0.0667. The molecule has 0 saturated carbocycles. The van der Waals surface area contributed by atoms with Crippen molar-refractivity contribution in [3.63, 3.8) is 0 Å². The van der Waals surface area contributed by atoms with Gasteiger partial charge in [0, 0.05) is 0 Å². The molecule has 3 aromatic rings. The molecule has 0 atom stereocenters. The first-order valence-electron chi connectivity index (χ1n) is 6.05. The Kier molecular flexibility index (Phi) is 3.51. The molecule has 2 aromatic carbocycles. The smallest absolute Gasteiger partial charge is 0.164 e. The first-order chi connectivity index (χ1) is 9.97. The zero-order valence-corrected chi connectivity index (χ0v) is 12.3. The summed E-state index contributed by atoms with van der Waals surface area (Å²) in [5, 5.41) is 0.447. The third kappa shape index (κ3) is 2.45. The van der Waals surface area contributed by atoms with E-state index in [1.807, 2.05) is 6.92 Å². The van der Waals surface area contributed by atoms with Crippen molar-refractivity contribution < 1.29 is 8.78 Å². The third-order valence-electron chi connectivity index (χ3n) is 3.07. The normalized spacial score (nSPS) is 11.1. The summed E-state index contributed by atoms with van der Waals surface area (Å²) >= 11 is 12.0. The van der Waals surface area contributed by atoms with E-state index < -0.39 is 11.6 Å². The van der Waals surface area contributed by atoms with E-state index in [1.54, 1.807) is 12.1 Å². The summed E-state index contributed by atoms with van der Waals surface area (Å²) in [6.45, 7) is 1.81. The van der Waals surface area contributed by atoms with Gasteiger partial charge in [0.05, 0.1) is 16.0 Å². The summed E-state index contributed by atoms with van der Waals surface area (Å²) in [4.78, 5) is 8.11. The van der Waals surface area contributed by atoms with Crippen molar-refractivity contribution in [1.29, 1.82) is 0 Å². The molecule has 3 rings (SSSR count). The van der Waals surface area contributed by atoms with Crippen molar-refractivity contribution in [2.45, 2.75) is 6.92 Å². The summed E-state index contributed by atoms with van der Waals surface area (Å²) in [5.41, 5.74) is 0.967. The molecule has 0 aliphatic carbocycles. The van der Waals surface area contributed by atoms with Crippen LogP contribution in [0.25, 0.3) is 22.3 Å². The highest BCUT2D eigenvalue weighted by molar-refractivity contribution is 6.41. The van der Waals surface area contributed by atoms with Gasteiger partial charge in [-0.15, -0.1) is 0 Å². The Morgan fingerprint density at radius 1 is 0.952 bits per heavy atom. The molecule has 6 heteroatoms. The van der Waals surface area contributed by atoms with Crippen molar-refractivity contribution in [1.82, 2.24) is 9.97 Å². The maximum Gasteiger partial charge on any atom is 0.164 e. The topological polar surface area (TPSA) is 25.8 Å². The molecular formula is C15H8Cl2F2N2. The molecule has 0 bridgehead atoms. The highest BCUT2D eigenvalue weighted by atomic mass is 35.5. The lowest BCUT2D eigenvalue weighted by atomic mass is 10.1. The van der Waals surface area contributed by atoms with Crippen LogP contribution in [-0.2, 0) is 0 Å². The molecule has 0 aliphatic heterocycles. The van der Waals surface area contributed by atoms with Crippen LogP contribution in [0.1, 0.15) is 5.56 Å². The minimum atomic E-state index is -0.590. The first kappa shape index (κ1) is 14.2. The number of nitrogens with zero attached hydrogens (tertiary/aromatic N) is 2. The van der Waals surface area contributed by atoms with Crippen LogP contribution in [0.15, 0.2) is 30.3 Å². The lowest BCUT2D eigenvalue weighted by molar-refractivity contribution is 0.628. The molecular weight excluding hydrogens is 317 g/mol. The van der Waals surface area contributed by atoms with Gasteiger partial charge in [-0.2, -0.15) is 0 Å². The number of rotatable bonds is 1. The first-order valence-corrected chi connectivity index (χ1v) is 6.81. The van der Waals surface area contributed by atoms with Crippen molar-refractivity contribution >= 4 is 34.1 Å². The molecule has 0 N–H and O–H groups in total. The Morgan fingerprint density at radius 2 is 1.67 bits per heavy atom. The van der Waals surface area contributed by atoms with Crippen LogP contribution in [0.5, 0.6) is 0 Å². The van der Waals surface area contributed by atoms with Gasteiger partial charge in [0.25, 0.3) is 0 Å². The predicted octanol–water partition coefficient (Wildman–Crippen LogP) is 5.19. The monoisotopic (exact) mass is 324 g/mol. The maximum atomic E-state index is 13.9. The van der Waals surface area contributed by atoms with Crippen LogP contribution in [0.4, 0.5) is 8.78 Å². The van der Waals surface area contributed by atoms with Gasteiger partial charge in [-0.05, 0) is 31.2 Å². The number of hydrogen-bond donors (Lipinski definition) is 0. The summed E-state index contributed by atoms with van der Waals surface area (Å²) < 4.78 is 27.8. The molecule has 0 saturated heterocycles. The van der Waals surface area contributed by atoms with Gasteiger partial charge in [0.15, 0.2) is 5.82 Å². The maximum absolute atomic E-state index is 13.9. The SMILES string of the molecule is Cc1ccc(F)c(-c2nc(Cl)c3c(Cl)ccc(F)c3n2)c1. The number of hydrogen-bond acceptors (Lipinski definition) is 2. The fourth-order valence-electron chi connectivity index (χ4n) is 2.06. The number of fused-ring (bicyclic) bond motifs is 1. The van der Waals surface area contributed by atoms with E-state index in [0.29, 0.717) is 0 Å². The van der Waals surface area contributed by atoms with Gasteiger partial charge >= 0.3 is 0 Å². The summed E-state index contributed by atoms with van der Waals surface area (Å²) in [6.07, 6.45) is 0. The number of aromatic nitrogens is 2. The highest BCUT2D eigenvalue weighted by Crippen LogP contribution is 2.32. The lowest BCUT2D eigenvalue weighted by Crippen LogP contribution is -1.97. The van der Waals surface area contributed by atoms with Crippen LogP contribution in [0.3, 0.4) is 0 Å². The van der Waals surface area contributed by atoms with Crippen molar-refractivity contribution in [2.24, 2.45) is 0 Å². The van der Waals surface area contributed by atoms with Crippen LogP contribution in [0, 0.1) is 18.6 Å². The van der Waals surface area contributed by atoms with Crippen molar-refractivity contribution in [3.8, 4) is 11.4 Å². The largest absolute Gasteiger partial charge is 0.225 e. The van der Waals surface area contributed by atoms with E-state index in [1.165, 1.54) is 18.2 Å². The zero-order chi connectivity index (χ0) is 15.1. The summed E-state index contributed by atoms with van der Waals surface area (Å²) in [7, 11) is 0. The Bertz CT molecular complexity index is 866. The Morgan fingerprint density at radius 3 is 2.43 bits per heavy atom. The lowest BCUT2D eigenvalue weighted by Gasteiger charge is -2.08. The van der Waals surface area contributed by atoms with E-state index in [2.05, 4.69) is 9.97 Å². The van der Waals surface area contributed by atoms with E-state index in [4.69, 9.17) is 23.2 Å². The third-order valence-corrected chi connectivity index (χ3v) is 3.66. The average molecular weight is 325 g/mol. The highest BCUT2D eigenvalue weighted by Gasteiger charge is 2.16. The summed E-state index contributed by atoms with van der Waals surface area (Å²) in [6, 6.07) is 7.07. The molecule has 2 nitrogen and oxygen atoms in total. The Hall–Kier alpha value is -1.78. The quantitative estimate of drug-likeness (QED) is 0.575. The standard InChI is InChI=1S/C15H8Cl2F2N2/c1-7-2-4-10(18)8(6-7)15-20-13-11(19)5-3-9(16)12(13)14(17)21-15/h2-6H,1H3. The molecule has 1 heterocycles. The second-order valence-electron chi connectivity index (χ2n) is 4.57. The number of halogens is 4. The molecule has 0 fully saturated rings. The van der Waals surface area contributed by atoms with Crippen molar-refractivity contribution in [3.05, 3.63) is 57.7 Å². The van der Waals surface area contributed by atoms with E-state index in [9.17, 15) is 8.78 Å². The van der Waals surface area contributed by atoms with Gasteiger partial charge in [-0.3, -0.25) is 0 Å². The van der Waals surface area contributed by atoms with E-state index in [-0.39, 0.29) is 32.5 Å². The van der Waals surface area contributed by atoms with Crippen LogP contribution in [0.2, 0.25) is 10.2 Å². The second-order valence-corrected chi connectivity index (χ2v) is 5.34. The van der Waals surface area contributed by atoms with Gasteiger partial charge in [0.2, 0.25) is 0 Å². The van der Waals surface area contributed by atoms with Crippen LogP contribution < -0.4 is 0 Å². The van der Waals surface area contributed by atoms with Crippen LogP contribution >= 0.6 is 23.2 Å². The van der Waals surface area contributed by atoms with Crippen molar-refractivity contribution in [2.75, 3.05) is 0 Å². The molecule has 0 unspecified atom stereocenters. The number of benzene rings is 2. The summed E-state index contributed by atoms with van der Waals surface area (Å²) in [5.74, 6) is -1.07. The van der Waals surface area contributed by atoms with Gasteiger partial charge < -0.3 is 0 Å². The molecule has 0 spiro atoms. The van der Waals surface area contributed by atoms with Gasteiger partial charge in [0.1, 0.15) is 22.3 Å². The fourth-order valence-corrected chi connectivity index (χ4v) is 2.62.